The summed E-state index contributed by atoms with van der Waals surface area (Å²) in [7, 11) is 0. The first-order valence-corrected chi connectivity index (χ1v) is 8.05. The summed E-state index contributed by atoms with van der Waals surface area (Å²) in [5.41, 5.74) is 0.750. The number of nitrogens with one attached hydrogen (secondary N) is 1. The SMILES string of the molecule is CC1OCCC1Sc1cccc(F)c1CNC(C)(C)C. The monoisotopic (exact) mass is 297 g/mol. The predicted octanol–water partition coefficient (Wildman–Crippen LogP) is 3.98. The van der Waals surface area contributed by atoms with Gasteiger partial charge in [-0.3, -0.25) is 0 Å². The lowest BCUT2D eigenvalue weighted by Gasteiger charge is -2.23. The van der Waals surface area contributed by atoms with Gasteiger partial charge in [-0.1, -0.05) is 6.07 Å². The van der Waals surface area contributed by atoms with Crippen molar-refractivity contribution in [3.63, 3.8) is 0 Å². The second-order valence-electron chi connectivity index (χ2n) is 6.34. The van der Waals surface area contributed by atoms with Crippen molar-refractivity contribution in [2.75, 3.05) is 6.61 Å². The molecule has 2 nitrogen and oxygen atoms in total. The molecule has 1 aliphatic heterocycles. The van der Waals surface area contributed by atoms with Crippen LogP contribution >= 0.6 is 11.8 Å². The van der Waals surface area contributed by atoms with Gasteiger partial charge in [-0.25, -0.2) is 4.39 Å². The number of ether oxygens (including phenoxy) is 1. The molecule has 0 aliphatic carbocycles. The second-order valence-corrected chi connectivity index (χ2v) is 7.62. The molecule has 2 unspecified atom stereocenters. The first kappa shape index (κ1) is 15.8. The van der Waals surface area contributed by atoms with E-state index in [1.165, 1.54) is 6.07 Å². The lowest BCUT2D eigenvalue weighted by atomic mass is 10.1. The van der Waals surface area contributed by atoms with Crippen LogP contribution in [0.3, 0.4) is 0 Å². The van der Waals surface area contributed by atoms with Crippen LogP contribution in [0.25, 0.3) is 0 Å². The molecule has 2 atom stereocenters. The van der Waals surface area contributed by atoms with Crippen LogP contribution in [0.15, 0.2) is 23.1 Å². The quantitative estimate of drug-likeness (QED) is 0.908. The Bertz CT molecular complexity index is 458. The van der Waals surface area contributed by atoms with E-state index in [-0.39, 0.29) is 17.5 Å². The average molecular weight is 297 g/mol. The molecule has 2 rings (SSSR count). The van der Waals surface area contributed by atoms with Gasteiger partial charge in [-0.2, -0.15) is 0 Å². The third-order valence-corrected chi connectivity index (χ3v) is 5.01. The minimum atomic E-state index is -0.127. The zero-order valence-corrected chi connectivity index (χ0v) is 13.5. The van der Waals surface area contributed by atoms with Crippen molar-refractivity contribution >= 4 is 11.8 Å². The molecule has 1 aromatic carbocycles. The van der Waals surface area contributed by atoms with Crippen LogP contribution in [0.4, 0.5) is 4.39 Å². The average Bonchev–Trinajstić information content (AvgIpc) is 2.73. The minimum Gasteiger partial charge on any atom is -0.377 e. The fraction of sp³-hybridized carbons (Fsp3) is 0.625. The van der Waals surface area contributed by atoms with Crippen LogP contribution in [-0.4, -0.2) is 23.5 Å². The fourth-order valence-electron chi connectivity index (χ4n) is 2.20. The van der Waals surface area contributed by atoms with Crippen molar-refractivity contribution in [3.8, 4) is 0 Å². The van der Waals surface area contributed by atoms with E-state index in [0.717, 1.165) is 23.5 Å². The highest BCUT2D eigenvalue weighted by atomic mass is 32.2. The highest BCUT2D eigenvalue weighted by Gasteiger charge is 2.26. The number of hydrogen-bond acceptors (Lipinski definition) is 3. The van der Waals surface area contributed by atoms with E-state index < -0.39 is 0 Å². The molecule has 0 aromatic heterocycles. The van der Waals surface area contributed by atoms with Gasteiger partial charge in [0.05, 0.1) is 6.10 Å². The second kappa shape index (κ2) is 6.46. The molecule has 4 heteroatoms. The molecule has 0 radical (unpaired) electrons. The van der Waals surface area contributed by atoms with Gasteiger partial charge in [0.2, 0.25) is 0 Å². The number of halogens is 1. The van der Waals surface area contributed by atoms with E-state index >= 15 is 0 Å². The Morgan fingerprint density at radius 3 is 2.75 bits per heavy atom. The first-order chi connectivity index (χ1) is 9.37. The third-order valence-electron chi connectivity index (χ3n) is 3.46. The molecule has 1 heterocycles. The number of benzene rings is 1. The van der Waals surface area contributed by atoms with E-state index in [1.807, 2.05) is 6.07 Å². The molecule has 1 aliphatic rings. The fourth-order valence-corrected chi connectivity index (χ4v) is 3.48. The zero-order valence-electron chi connectivity index (χ0n) is 12.7. The summed E-state index contributed by atoms with van der Waals surface area (Å²) in [4.78, 5) is 1.03. The van der Waals surface area contributed by atoms with Crippen molar-refractivity contribution in [1.82, 2.24) is 5.32 Å². The summed E-state index contributed by atoms with van der Waals surface area (Å²) in [5.74, 6) is -0.127. The smallest absolute Gasteiger partial charge is 0.128 e. The van der Waals surface area contributed by atoms with Crippen LogP contribution in [0.5, 0.6) is 0 Å². The van der Waals surface area contributed by atoms with E-state index in [0.29, 0.717) is 11.8 Å². The van der Waals surface area contributed by atoms with Crippen molar-refractivity contribution in [2.24, 2.45) is 0 Å². The van der Waals surface area contributed by atoms with Gasteiger partial charge in [0, 0.05) is 34.4 Å². The molecule has 20 heavy (non-hydrogen) atoms. The molecule has 1 fully saturated rings. The molecular weight excluding hydrogens is 273 g/mol. The Balaban J connectivity index is 2.13. The Kier molecular flexibility index (Phi) is 5.10. The third kappa shape index (κ3) is 4.21. The van der Waals surface area contributed by atoms with E-state index in [2.05, 4.69) is 33.0 Å². The van der Waals surface area contributed by atoms with Crippen molar-refractivity contribution in [2.45, 2.75) is 62.4 Å². The Morgan fingerprint density at radius 2 is 2.15 bits per heavy atom. The maximum atomic E-state index is 14.1. The van der Waals surface area contributed by atoms with E-state index in [4.69, 9.17) is 4.74 Å². The molecular formula is C16H24FNOS. The lowest BCUT2D eigenvalue weighted by molar-refractivity contribution is 0.127. The van der Waals surface area contributed by atoms with Crippen LogP contribution in [0.2, 0.25) is 0 Å². The highest BCUT2D eigenvalue weighted by Crippen LogP contribution is 2.35. The summed E-state index contributed by atoms with van der Waals surface area (Å²) in [6.45, 7) is 9.73. The summed E-state index contributed by atoms with van der Waals surface area (Å²) in [6, 6.07) is 5.34. The number of thioether (sulfide) groups is 1. The molecule has 1 N–H and O–H groups in total. The normalized spacial score (nSPS) is 23.2. The largest absolute Gasteiger partial charge is 0.377 e. The molecule has 0 bridgehead atoms. The van der Waals surface area contributed by atoms with E-state index in [1.54, 1.807) is 17.8 Å². The molecule has 1 saturated heterocycles. The molecule has 0 saturated carbocycles. The maximum Gasteiger partial charge on any atom is 0.128 e. The maximum absolute atomic E-state index is 14.1. The van der Waals surface area contributed by atoms with Gasteiger partial charge in [-0.05, 0) is 46.2 Å². The van der Waals surface area contributed by atoms with Crippen molar-refractivity contribution < 1.29 is 9.13 Å². The summed E-state index contributed by atoms with van der Waals surface area (Å²) in [6.07, 6.45) is 1.28. The first-order valence-electron chi connectivity index (χ1n) is 7.17. The summed E-state index contributed by atoms with van der Waals surface area (Å²) >= 11 is 1.75. The standard InChI is InChI=1S/C16H24FNOS/c1-11-14(8-9-19-11)20-15-7-5-6-13(17)12(15)10-18-16(2,3)4/h5-7,11,14,18H,8-10H2,1-4H3. The van der Waals surface area contributed by atoms with Gasteiger partial charge in [-0.15, -0.1) is 11.8 Å². The van der Waals surface area contributed by atoms with Gasteiger partial charge in [0.1, 0.15) is 5.82 Å². The molecule has 112 valence electrons. The molecule has 0 spiro atoms. The topological polar surface area (TPSA) is 21.3 Å². The predicted molar refractivity (Wildman–Crippen MR) is 82.7 cm³/mol. The van der Waals surface area contributed by atoms with Gasteiger partial charge in [0.15, 0.2) is 0 Å². The Hall–Kier alpha value is -0.580. The van der Waals surface area contributed by atoms with Crippen LogP contribution in [0, 0.1) is 5.82 Å². The molecule has 0 amide bonds. The van der Waals surface area contributed by atoms with Crippen LogP contribution in [0.1, 0.15) is 39.7 Å². The highest BCUT2D eigenvalue weighted by molar-refractivity contribution is 8.00. The lowest BCUT2D eigenvalue weighted by Crippen LogP contribution is -2.35. The van der Waals surface area contributed by atoms with Crippen molar-refractivity contribution in [1.29, 1.82) is 0 Å². The van der Waals surface area contributed by atoms with Crippen molar-refractivity contribution in [3.05, 3.63) is 29.6 Å². The van der Waals surface area contributed by atoms with Gasteiger partial charge < -0.3 is 10.1 Å². The number of hydrogen-bond donors (Lipinski definition) is 1. The van der Waals surface area contributed by atoms with Gasteiger partial charge >= 0.3 is 0 Å². The Morgan fingerprint density at radius 1 is 1.40 bits per heavy atom. The van der Waals surface area contributed by atoms with Crippen LogP contribution in [-0.2, 0) is 11.3 Å². The van der Waals surface area contributed by atoms with Gasteiger partial charge in [0.25, 0.3) is 0 Å². The minimum absolute atomic E-state index is 0.0199. The Labute approximate surface area is 125 Å². The summed E-state index contributed by atoms with van der Waals surface area (Å²) in [5, 5.41) is 3.79. The number of rotatable bonds is 4. The summed E-state index contributed by atoms with van der Waals surface area (Å²) < 4.78 is 19.7. The van der Waals surface area contributed by atoms with E-state index in [9.17, 15) is 4.39 Å². The zero-order chi connectivity index (χ0) is 14.8. The van der Waals surface area contributed by atoms with Crippen LogP contribution < -0.4 is 5.32 Å². The molecule has 1 aromatic rings.